The molecule has 0 aliphatic heterocycles. The molecule has 2 nitrogen and oxygen atoms in total. The van der Waals surface area contributed by atoms with Crippen molar-refractivity contribution in [3.05, 3.63) is 312 Å². The molecule has 0 spiro atoms. The number of methoxy groups -OCH3 is 2. The van der Waals surface area contributed by atoms with E-state index in [-0.39, 0.29) is 11.8 Å². The van der Waals surface area contributed by atoms with E-state index in [2.05, 4.69) is 279 Å². The van der Waals surface area contributed by atoms with Crippen LogP contribution >= 0.6 is 0 Å². The Morgan fingerprint density at radius 2 is 0.446 bits per heavy atom. The van der Waals surface area contributed by atoms with Gasteiger partial charge in [0, 0.05) is 34.1 Å². The molecule has 0 aromatic heterocycles. The third kappa shape index (κ3) is 6.90. The van der Waals surface area contributed by atoms with E-state index in [9.17, 15) is 0 Å². The summed E-state index contributed by atoms with van der Waals surface area (Å²) in [5.41, 5.74) is 11.9. The minimum Gasteiger partial charge on any atom is -0.496 e. The highest BCUT2D eigenvalue weighted by molar-refractivity contribution is 7.20. The fraction of sp³-hybridized carbons (Fsp3) is 0.0571. The van der Waals surface area contributed by atoms with Crippen molar-refractivity contribution < 1.29 is 9.47 Å². The Morgan fingerprint density at radius 3 is 0.662 bits per heavy atom. The van der Waals surface area contributed by atoms with Crippen LogP contribution in [0.4, 0.5) is 0 Å². The molecule has 11 aromatic rings. The van der Waals surface area contributed by atoms with Crippen molar-refractivity contribution in [3.63, 3.8) is 0 Å². The molecule has 0 N–H and O–H groups in total. The van der Waals surface area contributed by atoms with Gasteiger partial charge in [-0.15, -0.1) is 0 Å². The summed E-state index contributed by atoms with van der Waals surface area (Å²) in [6.07, 6.45) is 0. The molecule has 354 valence electrons. The number of ether oxygens (including phenoxy) is 2. The molecule has 4 heteroatoms. The van der Waals surface area contributed by atoms with Crippen molar-refractivity contribution in [3.8, 4) is 33.8 Å². The van der Waals surface area contributed by atoms with Gasteiger partial charge in [-0.2, -0.15) is 0 Å². The Bertz CT molecular complexity index is 3280. The Morgan fingerprint density at radius 1 is 0.243 bits per heavy atom. The van der Waals surface area contributed by atoms with Crippen molar-refractivity contribution in [2.24, 2.45) is 0 Å². The first-order valence-corrected chi connectivity index (χ1v) is 29.7. The van der Waals surface area contributed by atoms with Gasteiger partial charge in [-0.3, -0.25) is 0 Å². The molecule has 3 aliphatic carbocycles. The Balaban J connectivity index is 1.08. The van der Waals surface area contributed by atoms with Gasteiger partial charge in [-0.25, -0.2) is 0 Å². The number of hydrogen-bond donors (Lipinski definition) is 0. The zero-order valence-electron chi connectivity index (χ0n) is 41.5. The van der Waals surface area contributed by atoms with Gasteiger partial charge in [0.2, 0.25) is 0 Å². The highest BCUT2D eigenvalue weighted by Gasteiger charge is 2.48. The van der Waals surface area contributed by atoms with Crippen molar-refractivity contribution >= 4 is 57.6 Å². The molecule has 0 atom stereocenters. The zero-order valence-corrected chi connectivity index (χ0v) is 43.5. The van der Waals surface area contributed by atoms with Gasteiger partial charge in [-0.1, -0.05) is 279 Å². The molecule has 11 aromatic carbocycles. The standard InChI is InChI=1S/C70H54O2Si2/c1-71-69-63(49-41-45-57(46-42-49)73(51-25-9-3-10-26-51,52-27-11-4-12-28-52)53-29-13-5-14-30-53)64(70(72-2)68-66-61-39-23-21-37-59(61)65(67(68)69)60-38-22-24-40-62(60)66)50-43-47-58(48-44-50)74(54-31-15-6-16-32-54,55-33-17-7-18-34-55)56-35-19-8-20-36-56/h3-48,65-66H,1-2H3. The van der Waals surface area contributed by atoms with Crippen LogP contribution in [0.5, 0.6) is 11.5 Å². The molecule has 2 bridgehead atoms. The van der Waals surface area contributed by atoms with E-state index in [1.807, 2.05) is 14.2 Å². The number of rotatable bonds is 12. The molecule has 0 heterocycles. The SMILES string of the molecule is COc1c(-c2ccc([Si](c3ccccc3)(c3ccccc3)c3ccccc3)cc2)c(-c2ccc([Si](c3ccccc3)(c3ccccc3)c3ccccc3)cc2)c(OC)c2c1C1c3ccccc3C2c2ccccc21. The first-order chi connectivity index (χ1) is 36.7. The van der Waals surface area contributed by atoms with Gasteiger partial charge < -0.3 is 9.47 Å². The van der Waals surface area contributed by atoms with Crippen molar-refractivity contribution in [2.75, 3.05) is 14.2 Å². The highest BCUT2D eigenvalue weighted by atomic mass is 28.3. The second-order valence-corrected chi connectivity index (χ2v) is 27.2. The van der Waals surface area contributed by atoms with Crippen LogP contribution in [0.3, 0.4) is 0 Å². The molecule has 0 saturated carbocycles. The Labute approximate surface area is 436 Å². The first kappa shape index (κ1) is 45.3. The van der Waals surface area contributed by atoms with E-state index in [1.54, 1.807) is 0 Å². The van der Waals surface area contributed by atoms with Gasteiger partial charge in [-0.05, 0) is 74.9 Å². The molecule has 14 rings (SSSR count). The van der Waals surface area contributed by atoms with Gasteiger partial charge in [0.05, 0.1) is 14.2 Å². The van der Waals surface area contributed by atoms with Crippen LogP contribution in [0.15, 0.2) is 279 Å². The number of hydrogen-bond acceptors (Lipinski definition) is 2. The van der Waals surface area contributed by atoms with Crippen LogP contribution in [0.25, 0.3) is 22.3 Å². The maximum Gasteiger partial charge on any atom is 0.179 e. The smallest absolute Gasteiger partial charge is 0.179 e. The molecule has 0 radical (unpaired) electrons. The van der Waals surface area contributed by atoms with Gasteiger partial charge in [0.1, 0.15) is 11.5 Å². The predicted molar refractivity (Wildman–Crippen MR) is 312 cm³/mol. The maximum absolute atomic E-state index is 6.96. The van der Waals surface area contributed by atoms with Gasteiger partial charge in [0.25, 0.3) is 0 Å². The average Bonchev–Trinajstić information content (AvgIpc) is 3.49. The lowest BCUT2D eigenvalue weighted by Gasteiger charge is -2.44. The van der Waals surface area contributed by atoms with Crippen LogP contribution in [0.2, 0.25) is 0 Å². The Hall–Kier alpha value is -8.55. The van der Waals surface area contributed by atoms with Crippen LogP contribution in [-0.4, -0.2) is 30.4 Å². The Kier molecular flexibility index (Phi) is 11.5. The van der Waals surface area contributed by atoms with Crippen molar-refractivity contribution in [2.45, 2.75) is 11.8 Å². The summed E-state index contributed by atoms with van der Waals surface area (Å²) < 4.78 is 13.9. The van der Waals surface area contributed by atoms with Gasteiger partial charge in [0.15, 0.2) is 16.1 Å². The lowest BCUT2D eigenvalue weighted by Crippen LogP contribution is -2.74. The van der Waals surface area contributed by atoms with E-state index in [0.717, 1.165) is 33.8 Å². The molecule has 0 saturated heterocycles. The van der Waals surface area contributed by atoms with Crippen molar-refractivity contribution in [1.82, 2.24) is 0 Å². The van der Waals surface area contributed by atoms with E-state index in [1.165, 1.54) is 74.9 Å². The fourth-order valence-corrected chi connectivity index (χ4v) is 22.7. The molecule has 74 heavy (non-hydrogen) atoms. The normalized spacial score (nSPS) is 14.4. The summed E-state index contributed by atoms with van der Waals surface area (Å²) in [6, 6.07) is 104. The second kappa shape index (κ2) is 18.8. The quantitative estimate of drug-likeness (QED) is 0.0897. The summed E-state index contributed by atoms with van der Waals surface area (Å²) in [5, 5.41) is 10.7. The third-order valence-corrected chi connectivity index (χ3v) is 25.8. The summed E-state index contributed by atoms with van der Waals surface area (Å²) in [6.45, 7) is 0. The lowest BCUT2D eigenvalue weighted by atomic mass is 9.59. The average molecular weight is 983 g/mol. The minimum atomic E-state index is -2.82. The first-order valence-electron chi connectivity index (χ1n) is 25.7. The summed E-state index contributed by atoms with van der Waals surface area (Å²) in [4.78, 5) is 0. The predicted octanol–water partition coefficient (Wildman–Crippen LogP) is 10.8. The third-order valence-electron chi connectivity index (χ3n) is 16.2. The van der Waals surface area contributed by atoms with E-state index in [0.29, 0.717) is 0 Å². The molecule has 3 aliphatic rings. The van der Waals surface area contributed by atoms with Crippen LogP contribution in [0.1, 0.15) is 45.2 Å². The molecule has 0 fully saturated rings. The fourth-order valence-electron chi connectivity index (χ4n) is 13.2. The van der Waals surface area contributed by atoms with Crippen LogP contribution in [-0.2, 0) is 0 Å². The topological polar surface area (TPSA) is 18.5 Å². The van der Waals surface area contributed by atoms with Gasteiger partial charge >= 0.3 is 0 Å². The summed E-state index contributed by atoms with van der Waals surface area (Å²) >= 11 is 0. The number of benzene rings is 11. The zero-order chi connectivity index (χ0) is 49.6. The van der Waals surface area contributed by atoms with E-state index in [4.69, 9.17) is 9.47 Å². The lowest BCUT2D eigenvalue weighted by molar-refractivity contribution is 0.392. The monoisotopic (exact) mass is 982 g/mol. The van der Waals surface area contributed by atoms with E-state index < -0.39 is 16.1 Å². The largest absolute Gasteiger partial charge is 0.496 e. The second-order valence-electron chi connectivity index (χ2n) is 19.6. The van der Waals surface area contributed by atoms with Crippen molar-refractivity contribution in [1.29, 1.82) is 0 Å². The highest BCUT2D eigenvalue weighted by Crippen LogP contribution is 2.64. The molecule has 0 unspecified atom stereocenters. The van der Waals surface area contributed by atoms with E-state index >= 15 is 0 Å². The molecular formula is C70H54O2Si2. The maximum atomic E-state index is 6.96. The summed E-state index contributed by atoms with van der Waals surface area (Å²) in [5.74, 6) is 1.71. The minimum absolute atomic E-state index is 0.0377. The summed E-state index contributed by atoms with van der Waals surface area (Å²) in [7, 11) is -1.90. The van der Waals surface area contributed by atoms with Crippen LogP contribution in [0, 0.1) is 0 Å². The van der Waals surface area contributed by atoms with Crippen LogP contribution < -0.4 is 51.0 Å². The molecular weight excluding hydrogens is 929 g/mol. The molecule has 0 amide bonds.